The molecule has 1 aromatic carbocycles. The van der Waals surface area contributed by atoms with Crippen LogP contribution in [-0.2, 0) is 14.3 Å². The van der Waals surface area contributed by atoms with Crippen molar-refractivity contribution in [2.24, 2.45) is 0 Å². The number of nitrogens with one attached hydrogen (secondary N) is 2. The summed E-state index contributed by atoms with van der Waals surface area (Å²) in [7, 11) is 1.35. The molecule has 7 nitrogen and oxygen atoms in total. The highest BCUT2D eigenvalue weighted by Gasteiger charge is 2.08. The van der Waals surface area contributed by atoms with Gasteiger partial charge in [-0.3, -0.25) is 9.59 Å². The average Bonchev–Trinajstić information content (AvgIpc) is 3.06. The predicted molar refractivity (Wildman–Crippen MR) is 99.4 cm³/mol. The molecule has 2 aromatic rings. The van der Waals surface area contributed by atoms with Gasteiger partial charge in [0.1, 0.15) is 0 Å². The van der Waals surface area contributed by atoms with Crippen LogP contribution < -0.4 is 10.6 Å². The van der Waals surface area contributed by atoms with Crippen LogP contribution in [-0.4, -0.2) is 41.5 Å². The third kappa shape index (κ3) is 7.10. The van der Waals surface area contributed by atoms with Gasteiger partial charge in [-0.05, 0) is 25.5 Å². The molecule has 1 heterocycles. The van der Waals surface area contributed by atoms with Crippen molar-refractivity contribution in [3.63, 3.8) is 0 Å². The molecular formula is C16H20N4O3S2. The summed E-state index contributed by atoms with van der Waals surface area (Å²) in [4.78, 5) is 22.7. The third-order valence-electron chi connectivity index (χ3n) is 3.14. The van der Waals surface area contributed by atoms with E-state index in [1.807, 2.05) is 31.2 Å². The number of ether oxygens (including phenoxy) is 1. The zero-order chi connectivity index (χ0) is 18.1. The first-order chi connectivity index (χ1) is 12.1. The summed E-state index contributed by atoms with van der Waals surface area (Å²) in [5.41, 5.74) is 2.14. The van der Waals surface area contributed by atoms with Gasteiger partial charge >= 0.3 is 5.97 Å². The molecule has 0 aliphatic carbocycles. The monoisotopic (exact) mass is 380 g/mol. The molecule has 0 saturated carbocycles. The van der Waals surface area contributed by atoms with E-state index in [0.29, 0.717) is 24.5 Å². The maximum Gasteiger partial charge on any atom is 0.305 e. The predicted octanol–water partition coefficient (Wildman–Crippen LogP) is 2.75. The number of esters is 1. The Balaban J connectivity index is 1.69. The molecule has 0 aliphatic heterocycles. The third-order valence-corrected chi connectivity index (χ3v) is 5.12. The highest BCUT2D eigenvalue weighted by Crippen LogP contribution is 2.27. The molecule has 0 aliphatic rings. The minimum atomic E-state index is -0.272. The van der Waals surface area contributed by atoms with Gasteiger partial charge in [0, 0.05) is 18.7 Å². The van der Waals surface area contributed by atoms with Crippen LogP contribution in [0.3, 0.4) is 0 Å². The smallest absolute Gasteiger partial charge is 0.305 e. The van der Waals surface area contributed by atoms with Gasteiger partial charge < -0.3 is 15.4 Å². The van der Waals surface area contributed by atoms with E-state index in [0.717, 1.165) is 10.0 Å². The molecule has 0 spiro atoms. The Morgan fingerprint density at radius 3 is 2.72 bits per heavy atom. The first-order valence-corrected chi connectivity index (χ1v) is 9.50. The maximum atomic E-state index is 11.8. The van der Waals surface area contributed by atoms with Crippen molar-refractivity contribution in [1.82, 2.24) is 15.5 Å². The van der Waals surface area contributed by atoms with Gasteiger partial charge in [-0.2, -0.15) is 0 Å². The highest BCUT2D eigenvalue weighted by molar-refractivity contribution is 8.01. The standard InChI is InChI=1S/C16H20N4O3S2/c1-11-5-7-12(8-6-11)18-15-19-20-16(25-15)24-10-13(21)17-9-3-4-14(22)23-2/h5-8H,3-4,9-10H2,1-2H3,(H,17,21)(H,18,19). The van der Waals surface area contributed by atoms with E-state index < -0.39 is 0 Å². The Labute approximate surface area is 154 Å². The summed E-state index contributed by atoms with van der Waals surface area (Å²) < 4.78 is 5.26. The quantitative estimate of drug-likeness (QED) is 0.392. The fourth-order valence-corrected chi connectivity index (χ4v) is 3.42. The van der Waals surface area contributed by atoms with Crippen LogP contribution in [0.4, 0.5) is 10.8 Å². The minimum Gasteiger partial charge on any atom is -0.469 e. The number of aromatic nitrogens is 2. The van der Waals surface area contributed by atoms with Gasteiger partial charge in [-0.25, -0.2) is 0 Å². The van der Waals surface area contributed by atoms with Crippen LogP contribution in [0.1, 0.15) is 18.4 Å². The summed E-state index contributed by atoms with van der Waals surface area (Å²) in [6.45, 7) is 2.48. The van der Waals surface area contributed by atoms with E-state index in [9.17, 15) is 9.59 Å². The number of hydrogen-bond donors (Lipinski definition) is 2. The largest absolute Gasteiger partial charge is 0.469 e. The van der Waals surface area contributed by atoms with Crippen LogP contribution in [0.15, 0.2) is 28.6 Å². The normalized spacial score (nSPS) is 10.3. The number of benzene rings is 1. The van der Waals surface area contributed by atoms with Crippen molar-refractivity contribution >= 4 is 45.8 Å². The Kier molecular flexibility index (Phi) is 7.68. The molecule has 2 N–H and O–H groups in total. The SMILES string of the molecule is COC(=O)CCCNC(=O)CSc1nnc(Nc2ccc(C)cc2)s1. The van der Waals surface area contributed by atoms with Gasteiger partial charge in [0.25, 0.3) is 0 Å². The lowest BCUT2D eigenvalue weighted by Crippen LogP contribution is -2.26. The number of methoxy groups -OCH3 is 1. The molecule has 25 heavy (non-hydrogen) atoms. The number of rotatable bonds is 9. The van der Waals surface area contributed by atoms with Crippen LogP contribution in [0.5, 0.6) is 0 Å². The number of aryl methyl sites for hydroxylation is 1. The van der Waals surface area contributed by atoms with Crippen molar-refractivity contribution in [2.45, 2.75) is 24.1 Å². The van der Waals surface area contributed by atoms with Crippen LogP contribution in [0.25, 0.3) is 0 Å². The number of nitrogens with zero attached hydrogens (tertiary/aromatic N) is 2. The Bertz CT molecular complexity index is 704. The maximum absolute atomic E-state index is 11.8. The molecule has 1 amide bonds. The average molecular weight is 380 g/mol. The molecule has 1 aromatic heterocycles. The van der Waals surface area contributed by atoms with Gasteiger partial charge in [0.05, 0.1) is 12.9 Å². The van der Waals surface area contributed by atoms with Gasteiger partial charge in [-0.1, -0.05) is 40.8 Å². The van der Waals surface area contributed by atoms with Crippen molar-refractivity contribution < 1.29 is 14.3 Å². The number of anilines is 2. The van der Waals surface area contributed by atoms with E-state index in [4.69, 9.17) is 0 Å². The molecule has 0 atom stereocenters. The number of thioether (sulfide) groups is 1. The van der Waals surface area contributed by atoms with Crippen molar-refractivity contribution in [2.75, 3.05) is 24.7 Å². The van der Waals surface area contributed by atoms with E-state index in [-0.39, 0.29) is 17.6 Å². The lowest BCUT2D eigenvalue weighted by Gasteiger charge is -2.03. The zero-order valence-electron chi connectivity index (χ0n) is 14.1. The molecule has 9 heteroatoms. The van der Waals surface area contributed by atoms with Crippen molar-refractivity contribution in [3.05, 3.63) is 29.8 Å². The molecule has 0 bridgehead atoms. The topological polar surface area (TPSA) is 93.2 Å². The van der Waals surface area contributed by atoms with Crippen molar-refractivity contribution in [1.29, 1.82) is 0 Å². The lowest BCUT2D eigenvalue weighted by atomic mass is 10.2. The molecule has 134 valence electrons. The van der Waals surface area contributed by atoms with E-state index in [1.54, 1.807) is 0 Å². The van der Waals surface area contributed by atoms with Gasteiger partial charge in [0.2, 0.25) is 11.0 Å². The summed E-state index contributed by atoms with van der Waals surface area (Å²) in [6, 6.07) is 7.99. The van der Waals surface area contributed by atoms with E-state index >= 15 is 0 Å². The second-order valence-electron chi connectivity index (χ2n) is 5.18. The fourth-order valence-electron chi connectivity index (χ4n) is 1.82. The zero-order valence-corrected chi connectivity index (χ0v) is 15.7. The molecule has 0 unspecified atom stereocenters. The molecule has 0 saturated heterocycles. The molecule has 0 fully saturated rings. The van der Waals surface area contributed by atoms with Gasteiger partial charge in [-0.15, -0.1) is 10.2 Å². The Hall–Kier alpha value is -2.13. The highest BCUT2D eigenvalue weighted by atomic mass is 32.2. The van der Waals surface area contributed by atoms with E-state index in [1.165, 1.54) is 35.8 Å². The summed E-state index contributed by atoms with van der Waals surface area (Å²) >= 11 is 2.73. The number of hydrogen-bond acceptors (Lipinski definition) is 8. The summed E-state index contributed by atoms with van der Waals surface area (Å²) in [6.07, 6.45) is 0.862. The van der Waals surface area contributed by atoms with Gasteiger partial charge in [0.15, 0.2) is 4.34 Å². The second-order valence-corrected chi connectivity index (χ2v) is 7.38. The Morgan fingerprint density at radius 1 is 1.24 bits per heavy atom. The molecule has 0 radical (unpaired) electrons. The van der Waals surface area contributed by atoms with Crippen LogP contribution in [0, 0.1) is 6.92 Å². The number of carbonyl (C=O) groups excluding carboxylic acids is 2. The molecule has 2 rings (SSSR count). The fraction of sp³-hybridized carbons (Fsp3) is 0.375. The minimum absolute atomic E-state index is 0.0990. The van der Waals surface area contributed by atoms with Crippen molar-refractivity contribution in [3.8, 4) is 0 Å². The van der Waals surface area contributed by atoms with Crippen LogP contribution in [0.2, 0.25) is 0 Å². The second kappa shape index (κ2) is 10.00. The first-order valence-electron chi connectivity index (χ1n) is 7.70. The number of amides is 1. The summed E-state index contributed by atoms with van der Waals surface area (Å²) in [5, 5.41) is 14.8. The van der Waals surface area contributed by atoms with Crippen LogP contribution >= 0.6 is 23.1 Å². The van der Waals surface area contributed by atoms with E-state index in [2.05, 4.69) is 25.6 Å². The Morgan fingerprint density at radius 2 is 2.00 bits per heavy atom. The summed E-state index contributed by atoms with van der Waals surface area (Å²) in [5.74, 6) is -0.110. The molecular weight excluding hydrogens is 360 g/mol. The lowest BCUT2D eigenvalue weighted by molar-refractivity contribution is -0.140. The first kappa shape index (κ1) is 19.2. The number of carbonyl (C=O) groups is 2.